The summed E-state index contributed by atoms with van der Waals surface area (Å²) in [5.41, 5.74) is 0.720. The first-order chi connectivity index (χ1) is 4.66. The topological polar surface area (TPSA) is 52.9 Å². The van der Waals surface area contributed by atoms with E-state index >= 15 is 0 Å². The molecule has 0 radical (unpaired) electrons. The van der Waals surface area contributed by atoms with Gasteiger partial charge in [0.05, 0.1) is 12.6 Å². The van der Waals surface area contributed by atoms with Crippen LogP contribution in [0.2, 0.25) is 0 Å². The minimum atomic E-state index is 0.0608. The molecule has 0 heterocycles. The van der Waals surface area contributed by atoms with Gasteiger partial charge in [0.15, 0.2) is 0 Å². The van der Waals surface area contributed by atoms with Crippen molar-refractivity contribution in [1.82, 2.24) is 5.32 Å². The lowest BCUT2D eigenvalue weighted by Crippen LogP contribution is -2.18. The molecule has 10 heavy (non-hydrogen) atoms. The molecule has 0 atom stereocenters. The van der Waals surface area contributed by atoms with Crippen molar-refractivity contribution < 1.29 is 4.79 Å². The summed E-state index contributed by atoms with van der Waals surface area (Å²) in [6, 6.07) is 1.86. The molecule has 0 fully saturated rings. The molecule has 0 rings (SSSR count). The summed E-state index contributed by atoms with van der Waals surface area (Å²) in [7, 11) is 0. The lowest BCUT2D eigenvalue weighted by Gasteiger charge is -1.99. The van der Waals surface area contributed by atoms with Crippen molar-refractivity contribution in [2.45, 2.75) is 13.8 Å². The highest BCUT2D eigenvalue weighted by Crippen LogP contribution is 1.82. The highest BCUT2D eigenvalue weighted by molar-refractivity contribution is 5.77. The predicted molar refractivity (Wildman–Crippen MR) is 38.1 cm³/mol. The number of nitrogens with zero attached hydrogens (tertiary/aromatic N) is 1. The maximum atomic E-state index is 10.4. The number of hydrogen-bond acceptors (Lipinski definition) is 3. The first kappa shape index (κ1) is 8.70. The van der Waals surface area contributed by atoms with Crippen LogP contribution in [0.15, 0.2) is 11.8 Å². The van der Waals surface area contributed by atoms with Gasteiger partial charge in [-0.25, -0.2) is 0 Å². The monoisotopic (exact) mass is 138 g/mol. The highest BCUT2D eigenvalue weighted by Gasteiger charge is 1.90. The van der Waals surface area contributed by atoms with Gasteiger partial charge in [-0.1, -0.05) is 0 Å². The van der Waals surface area contributed by atoms with Crippen LogP contribution in [0.25, 0.3) is 0 Å². The molecule has 3 nitrogen and oxygen atoms in total. The zero-order valence-corrected chi connectivity index (χ0v) is 6.14. The summed E-state index contributed by atoms with van der Waals surface area (Å²) >= 11 is 0. The number of nitriles is 1. The molecule has 0 aromatic rings. The maximum absolute atomic E-state index is 10.4. The molecule has 0 unspecified atom stereocenters. The molecular weight excluding hydrogens is 128 g/mol. The number of carbonyl (C=O) groups excluding carboxylic acids is 1. The van der Waals surface area contributed by atoms with Crippen LogP contribution in [0.4, 0.5) is 0 Å². The van der Waals surface area contributed by atoms with Crippen LogP contribution in [-0.2, 0) is 4.79 Å². The predicted octanol–water partition coefficient (Wildman–Crippen LogP) is 0.592. The van der Waals surface area contributed by atoms with Gasteiger partial charge in [-0.3, -0.25) is 4.79 Å². The fraction of sp³-hybridized carbons (Fsp3) is 0.429. The third kappa shape index (κ3) is 4.85. The van der Waals surface area contributed by atoms with Gasteiger partial charge in [0.25, 0.3) is 0 Å². The van der Waals surface area contributed by atoms with Gasteiger partial charge >= 0.3 is 0 Å². The molecule has 0 spiro atoms. The Morgan fingerprint density at radius 1 is 1.70 bits per heavy atom. The van der Waals surface area contributed by atoms with E-state index in [9.17, 15) is 4.79 Å². The average molecular weight is 138 g/mol. The molecule has 0 aromatic carbocycles. The minimum absolute atomic E-state index is 0.0608. The van der Waals surface area contributed by atoms with Gasteiger partial charge in [0.1, 0.15) is 5.78 Å². The lowest BCUT2D eigenvalue weighted by molar-refractivity contribution is -0.116. The number of rotatable bonds is 3. The normalized spacial score (nSPS) is 10.3. The molecule has 0 saturated heterocycles. The van der Waals surface area contributed by atoms with E-state index in [-0.39, 0.29) is 5.78 Å². The maximum Gasteiger partial charge on any atom is 0.148 e. The van der Waals surface area contributed by atoms with Crippen LogP contribution in [-0.4, -0.2) is 12.3 Å². The van der Waals surface area contributed by atoms with Crippen LogP contribution in [0.1, 0.15) is 13.8 Å². The van der Waals surface area contributed by atoms with E-state index in [1.54, 1.807) is 6.92 Å². The van der Waals surface area contributed by atoms with Gasteiger partial charge in [-0.15, -0.1) is 0 Å². The number of hydrogen-bond donors (Lipinski definition) is 1. The van der Waals surface area contributed by atoms with Gasteiger partial charge in [0, 0.05) is 11.8 Å². The Morgan fingerprint density at radius 2 is 2.30 bits per heavy atom. The number of nitrogens with one attached hydrogen (secondary N) is 1. The Balaban J connectivity index is 3.62. The first-order valence-corrected chi connectivity index (χ1v) is 2.96. The molecule has 0 aliphatic carbocycles. The molecule has 3 heteroatoms. The number of Topliss-reactive ketones (excluding diaryl/α,β-unsaturated/α-hetero) is 1. The number of allylic oxidation sites excluding steroid dienone is 2. The second kappa shape index (κ2) is 4.57. The van der Waals surface area contributed by atoms with Crippen LogP contribution >= 0.6 is 0 Å². The van der Waals surface area contributed by atoms with Crippen molar-refractivity contribution in [2.75, 3.05) is 6.54 Å². The Bertz CT molecular complexity index is 188. The van der Waals surface area contributed by atoms with Gasteiger partial charge < -0.3 is 5.32 Å². The van der Waals surface area contributed by atoms with Crippen molar-refractivity contribution >= 4 is 5.78 Å². The molecule has 0 aliphatic rings. The van der Waals surface area contributed by atoms with Crippen LogP contribution in [0.5, 0.6) is 0 Å². The first-order valence-electron chi connectivity index (χ1n) is 2.96. The Kier molecular flexibility index (Phi) is 3.97. The summed E-state index contributed by atoms with van der Waals surface area (Å²) in [6.07, 6.45) is 1.36. The van der Waals surface area contributed by atoms with E-state index < -0.39 is 0 Å². The summed E-state index contributed by atoms with van der Waals surface area (Å²) < 4.78 is 0. The zero-order chi connectivity index (χ0) is 7.98. The minimum Gasteiger partial charge on any atom is -0.381 e. The van der Waals surface area contributed by atoms with Crippen molar-refractivity contribution in [2.24, 2.45) is 0 Å². The van der Waals surface area contributed by atoms with Gasteiger partial charge in [-0.05, 0) is 13.8 Å². The largest absolute Gasteiger partial charge is 0.381 e. The molecule has 1 N–H and O–H groups in total. The third-order valence-electron chi connectivity index (χ3n) is 0.897. The van der Waals surface area contributed by atoms with E-state index in [4.69, 9.17) is 5.26 Å². The quantitative estimate of drug-likeness (QED) is 0.581. The molecule has 0 amide bonds. The molecule has 0 aromatic heterocycles. The van der Waals surface area contributed by atoms with Crippen molar-refractivity contribution in [3.05, 3.63) is 11.8 Å². The standard InChI is InChI=1S/C7H10N2O/c1-6(3-4-8)9-5-7(2)10/h3,9H,5H2,1-2H3/b6-3+. The smallest absolute Gasteiger partial charge is 0.148 e. The average Bonchev–Trinajstić information content (AvgIpc) is 1.85. The Labute approximate surface area is 60.3 Å². The van der Waals surface area contributed by atoms with E-state index in [1.165, 1.54) is 13.0 Å². The van der Waals surface area contributed by atoms with Gasteiger partial charge in [-0.2, -0.15) is 5.26 Å². The summed E-state index contributed by atoms with van der Waals surface area (Å²) in [6.45, 7) is 3.53. The van der Waals surface area contributed by atoms with E-state index in [0.717, 1.165) is 5.70 Å². The SMILES string of the molecule is CC(=O)CN/C(C)=C/C#N. The Morgan fingerprint density at radius 3 is 2.70 bits per heavy atom. The molecule has 0 saturated carbocycles. The lowest BCUT2D eigenvalue weighted by atomic mass is 10.4. The molecule has 0 bridgehead atoms. The molecule has 0 aliphatic heterocycles. The van der Waals surface area contributed by atoms with Crippen molar-refractivity contribution in [3.63, 3.8) is 0 Å². The van der Waals surface area contributed by atoms with Crippen molar-refractivity contribution in [3.8, 4) is 6.07 Å². The summed E-state index contributed by atoms with van der Waals surface area (Å²) in [5, 5.41) is 10.9. The third-order valence-corrected chi connectivity index (χ3v) is 0.897. The van der Waals surface area contributed by atoms with Crippen LogP contribution in [0, 0.1) is 11.3 Å². The zero-order valence-electron chi connectivity index (χ0n) is 6.14. The molecule has 54 valence electrons. The van der Waals surface area contributed by atoms with Crippen LogP contribution < -0.4 is 5.32 Å². The van der Waals surface area contributed by atoms with E-state index in [1.807, 2.05) is 6.07 Å². The number of ketones is 1. The summed E-state index contributed by atoms with van der Waals surface area (Å²) in [5.74, 6) is 0.0608. The fourth-order valence-electron chi connectivity index (χ4n) is 0.412. The number of carbonyl (C=O) groups is 1. The Hall–Kier alpha value is -1.30. The molecular formula is C7H10N2O. The fourth-order valence-corrected chi connectivity index (χ4v) is 0.412. The summed E-state index contributed by atoms with van der Waals surface area (Å²) in [4.78, 5) is 10.4. The van der Waals surface area contributed by atoms with E-state index in [2.05, 4.69) is 5.32 Å². The highest BCUT2D eigenvalue weighted by atomic mass is 16.1. The van der Waals surface area contributed by atoms with Crippen LogP contribution in [0.3, 0.4) is 0 Å². The van der Waals surface area contributed by atoms with E-state index in [0.29, 0.717) is 6.54 Å². The van der Waals surface area contributed by atoms with Gasteiger partial charge in [0.2, 0.25) is 0 Å². The van der Waals surface area contributed by atoms with Crippen molar-refractivity contribution in [1.29, 1.82) is 5.26 Å². The second-order valence-corrected chi connectivity index (χ2v) is 2.01. The second-order valence-electron chi connectivity index (χ2n) is 2.01.